The summed E-state index contributed by atoms with van der Waals surface area (Å²) in [5, 5.41) is 0. The van der Waals surface area contributed by atoms with Crippen LogP contribution >= 0.6 is 45.2 Å². The summed E-state index contributed by atoms with van der Waals surface area (Å²) >= 11 is 3.85. The molecule has 3 rings (SSSR count). The lowest BCUT2D eigenvalue weighted by Crippen LogP contribution is -2.22. The summed E-state index contributed by atoms with van der Waals surface area (Å²) < 4.78 is 36.2. The van der Waals surface area contributed by atoms with E-state index in [-0.39, 0.29) is 22.0 Å². The van der Waals surface area contributed by atoms with Gasteiger partial charge in [-0.05, 0) is 69.4 Å². The molecule has 0 N–H and O–H groups in total. The molecule has 0 aliphatic carbocycles. The van der Waals surface area contributed by atoms with Crippen molar-refractivity contribution in [3.05, 3.63) is 49.1 Å². The monoisotopic (exact) mass is 528 g/mol. The van der Waals surface area contributed by atoms with Crippen LogP contribution in [0.4, 0.5) is 0 Å². The summed E-state index contributed by atoms with van der Waals surface area (Å²) in [6.07, 6.45) is 0. The molecule has 0 saturated heterocycles. The van der Waals surface area contributed by atoms with Crippen molar-refractivity contribution in [2.75, 3.05) is 0 Å². The first-order chi connectivity index (χ1) is 9.90. The second-order valence-electron chi connectivity index (χ2n) is 4.11. The third-order valence-electron chi connectivity index (χ3n) is 2.78. The lowest BCUT2D eigenvalue weighted by atomic mass is 10.2. The van der Waals surface area contributed by atoms with Gasteiger partial charge in [-0.1, -0.05) is 12.1 Å². The van der Waals surface area contributed by atoms with Crippen molar-refractivity contribution in [1.29, 1.82) is 0 Å². The Morgan fingerprint density at radius 2 is 1.62 bits per heavy atom. The summed E-state index contributed by atoms with van der Waals surface area (Å²) in [5.41, 5.74) is 0.112. The van der Waals surface area contributed by atoms with Gasteiger partial charge in [-0.15, -0.1) is 0 Å². The Bertz CT molecular complexity index is 861. The smallest absolute Gasteiger partial charge is 0.348 e. The molecule has 0 aromatic heterocycles. The number of para-hydroxylation sites is 1. The zero-order chi connectivity index (χ0) is 15.2. The predicted octanol–water partition coefficient (Wildman–Crippen LogP) is 3.20. The standard InChI is InChI=1S/C13H6I2O5S/c14-7-5-6-8(15)12-11(7)13(16)19-9-3-1-2-4-10(9)21(17,18)20-12/h1-6H. The molecule has 5 nitrogen and oxygen atoms in total. The quantitative estimate of drug-likeness (QED) is 0.228. The van der Waals surface area contributed by atoms with E-state index in [1.54, 1.807) is 18.2 Å². The topological polar surface area (TPSA) is 69.7 Å². The van der Waals surface area contributed by atoms with Gasteiger partial charge in [0.05, 0.1) is 3.57 Å². The SMILES string of the molecule is O=C1Oc2ccccc2S(=O)(=O)Oc2c(I)ccc(I)c21. The molecule has 2 aromatic rings. The van der Waals surface area contributed by atoms with Crippen LogP contribution in [0, 0.1) is 7.14 Å². The molecular formula is C13H6I2O5S. The zero-order valence-electron chi connectivity index (χ0n) is 10.2. The summed E-state index contributed by atoms with van der Waals surface area (Å²) in [6.45, 7) is 0. The molecular weight excluding hydrogens is 522 g/mol. The molecule has 0 spiro atoms. The second-order valence-corrected chi connectivity index (χ2v) is 7.95. The number of halogens is 2. The minimum absolute atomic E-state index is 0.00185. The number of ether oxygens (including phenoxy) is 1. The largest absolute Gasteiger partial charge is 0.421 e. The normalized spacial score (nSPS) is 15.8. The summed E-state index contributed by atoms with van der Waals surface area (Å²) in [5.74, 6) is -0.680. The molecule has 1 aliphatic rings. The fourth-order valence-corrected chi connectivity index (χ4v) is 4.29. The minimum Gasteiger partial charge on any atom is -0.421 e. The van der Waals surface area contributed by atoms with Gasteiger partial charge in [0.2, 0.25) is 0 Å². The number of rotatable bonds is 0. The molecule has 1 heterocycles. The molecule has 2 aromatic carbocycles. The molecule has 0 amide bonds. The van der Waals surface area contributed by atoms with E-state index in [4.69, 9.17) is 8.92 Å². The maximum absolute atomic E-state index is 12.4. The Balaban J connectivity index is 2.31. The highest BCUT2D eigenvalue weighted by atomic mass is 127. The first-order valence-electron chi connectivity index (χ1n) is 5.64. The molecule has 1 aliphatic heterocycles. The lowest BCUT2D eigenvalue weighted by molar-refractivity contribution is 0.0725. The van der Waals surface area contributed by atoms with Crippen LogP contribution in [-0.2, 0) is 10.1 Å². The van der Waals surface area contributed by atoms with Crippen LogP contribution in [0.25, 0.3) is 0 Å². The highest BCUT2D eigenvalue weighted by Crippen LogP contribution is 2.37. The Hall–Kier alpha value is -0.880. The number of carbonyl (C=O) groups is 1. The zero-order valence-corrected chi connectivity index (χ0v) is 15.3. The summed E-state index contributed by atoms with van der Waals surface area (Å²) in [6, 6.07) is 9.26. The molecule has 0 radical (unpaired) electrons. The molecule has 0 atom stereocenters. The van der Waals surface area contributed by atoms with Crippen LogP contribution < -0.4 is 8.92 Å². The third kappa shape index (κ3) is 2.63. The molecule has 0 unspecified atom stereocenters. The Morgan fingerprint density at radius 1 is 0.952 bits per heavy atom. The molecule has 0 saturated carbocycles. The van der Waals surface area contributed by atoms with Gasteiger partial charge >= 0.3 is 16.1 Å². The van der Waals surface area contributed by atoms with Crippen LogP contribution in [0.1, 0.15) is 10.4 Å². The molecule has 0 bridgehead atoms. The van der Waals surface area contributed by atoms with Gasteiger partial charge in [0.15, 0.2) is 11.5 Å². The van der Waals surface area contributed by atoms with Crippen LogP contribution in [0.5, 0.6) is 11.5 Å². The Labute approximate surface area is 148 Å². The number of hydrogen-bond acceptors (Lipinski definition) is 5. The van der Waals surface area contributed by atoms with Crippen LogP contribution in [0.15, 0.2) is 41.3 Å². The fourth-order valence-electron chi connectivity index (χ4n) is 1.85. The van der Waals surface area contributed by atoms with Crippen molar-refractivity contribution in [2.24, 2.45) is 0 Å². The van der Waals surface area contributed by atoms with Gasteiger partial charge in [-0.25, -0.2) is 4.79 Å². The van der Waals surface area contributed by atoms with Gasteiger partial charge in [-0.2, -0.15) is 8.42 Å². The number of fused-ring (bicyclic) bond motifs is 2. The van der Waals surface area contributed by atoms with E-state index >= 15 is 0 Å². The summed E-state index contributed by atoms with van der Waals surface area (Å²) in [4.78, 5) is 12.1. The van der Waals surface area contributed by atoms with E-state index in [9.17, 15) is 13.2 Å². The van der Waals surface area contributed by atoms with Crippen molar-refractivity contribution in [3.63, 3.8) is 0 Å². The van der Waals surface area contributed by atoms with Crippen molar-refractivity contribution in [3.8, 4) is 11.5 Å². The minimum atomic E-state index is -4.06. The van der Waals surface area contributed by atoms with Gasteiger partial charge in [-0.3, -0.25) is 0 Å². The molecule has 0 fully saturated rings. The average molecular weight is 528 g/mol. The maximum atomic E-state index is 12.4. The van der Waals surface area contributed by atoms with Crippen molar-refractivity contribution in [2.45, 2.75) is 4.90 Å². The highest BCUT2D eigenvalue weighted by molar-refractivity contribution is 14.1. The van der Waals surface area contributed by atoms with E-state index in [0.29, 0.717) is 7.14 Å². The van der Waals surface area contributed by atoms with Crippen molar-refractivity contribution >= 4 is 61.3 Å². The number of hydrogen-bond donors (Lipinski definition) is 0. The van der Waals surface area contributed by atoms with E-state index in [2.05, 4.69) is 0 Å². The van der Waals surface area contributed by atoms with Crippen LogP contribution in [0.3, 0.4) is 0 Å². The van der Waals surface area contributed by atoms with Crippen molar-refractivity contribution < 1.29 is 22.1 Å². The highest BCUT2D eigenvalue weighted by Gasteiger charge is 2.32. The molecule has 108 valence electrons. The Kier molecular flexibility index (Phi) is 3.86. The Morgan fingerprint density at radius 3 is 2.38 bits per heavy atom. The van der Waals surface area contributed by atoms with Gasteiger partial charge in [0.25, 0.3) is 0 Å². The summed E-state index contributed by atoms with van der Waals surface area (Å²) in [7, 11) is -4.06. The number of benzene rings is 2. The molecule has 21 heavy (non-hydrogen) atoms. The van der Waals surface area contributed by atoms with E-state index in [1.807, 2.05) is 45.2 Å². The van der Waals surface area contributed by atoms with E-state index < -0.39 is 16.1 Å². The fraction of sp³-hybridized carbons (Fsp3) is 0. The average Bonchev–Trinajstić information content (AvgIpc) is 2.42. The van der Waals surface area contributed by atoms with Gasteiger partial charge in [0, 0.05) is 3.57 Å². The first kappa shape index (κ1) is 15.0. The maximum Gasteiger partial charge on any atom is 0.348 e. The lowest BCUT2D eigenvalue weighted by Gasteiger charge is -2.18. The van der Waals surface area contributed by atoms with Crippen molar-refractivity contribution in [1.82, 2.24) is 0 Å². The van der Waals surface area contributed by atoms with Crippen LogP contribution in [-0.4, -0.2) is 14.4 Å². The molecule has 8 heteroatoms. The second kappa shape index (κ2) is 5.39. The number of carbonyl (C=O) groups excluding carboxylic acids is 1. The van der Waals surface area contributed by atoms with Crippen LogP contribution in [0.2, 0.25) is 0 Å². The van der Waals surface area contributed by atoms with E-state index in [1.165, 1.54) is 18.2 Å². The van der Waals surface area contributed by atoms with E-state index in [0.717, 1.165) is 0 Å². The van der Waals surface area contributed by atoms with Gasteiger partial charge in [0.1, 0.15) is 10.5 Å². The van der Waals surface area contributed by atoms with Gasteiger partial charge < -0.3 is 8.92 Å². The number of esters is 1. The predicted molar refractivity (Wildman–Crippen MR) is 91.1 cm³/mol. The third-order valence-corrected chi connectivity index (χ3v) is 5.79. The first-order valence-corrected chi connectivity index (χ1v) is 9.20.